The first-order valence-electron chi connectivity index (χ1n) is 12.3. The predicted molar refractivity (Wildman–Crippen MR) is 136 cm³/mol. The second kappa shape index (κ2) is 11.8. The van der Waals surface area contributed by atoms with E-state index in [1.165, 1.54) is 26.4 Å². The average Bonchev–Trinajstić information content (AvgIpc) is 2.92. The Morgan fingerprint density at radius 1 is 0.974 bits per heavy atom. The number of likely N-dealkylation sites (tertiary alicyclic amines) is 1. The lowest BCUT2D eigenvalue weighted by Crippen LogP contribution is -2.46. The average molecular weight is 530 g/mol. The Kier molecular flexibility index (Phi) is 8.46. The molecule has 0 aromatic heterocycles. The van der Waals surface area contributed by atoms with Gasteiger partial charge in [-0.1, -0.05) is 48.9 Å². The lowest BCUT2D eigenvalue weighted by atomic mass is 9.91. The molecule has 1 saturated heterocycles. The second-order valence-corrected chi connectivity index (χ2v) is 9.14. The first kappa shape index (κ1) is 27.3. The molecule has 1 fully saturated rings. The molecule has 0 aliphatic carbocycles. The topological polar surface area (TPSA) is 68.2 Å². The van der Waals surface area contributed by atoms with Gasteiger partial charge < -0.3 is 19.3 Å². The zero-order valence-corrected chi connectivity index (χ0v) is 21.2. The molecule has 4 rings (SSSR count). The quantitative estimate of drug-likeness (QED) is 0.349. The van der Waals surface area contributed by atoms with Crippen LogP contribution in [-0.4, -0.2) is 42.8 Å². The minimum absolute atomic E-state index is 0.266. The molecular weight excluding hydrogens is 499 g/mol. The van der Waals surface area contributed by atoms with Crippen LogP contribution in [0, 0.1) is 0 Å². The maximum Gasteiger partial charge on any atom is 0.416 e. The summed E-state index contributed by atoms with van der Waals surface area (Å²) in [6.45, 7) is 0.738. The van der Waals surface area contributed by atoms with Crippen LogP contribution in [0.15, 0.2) is 66.7 Å². The number of carbonyl (C=O) groups is 1. The highest BCUT2D eigenvalue weighted by Gasteiger charge is 2.37. The summed E-state index contributed by atoms with van der Waals surface area (Å²) in [4.78, 5) is 14.0. The monoisotopic (exact) mass is 529 g/mol. The van der Waals surface area contributed by atoms with E-state index in [1.54, 1.807) is 12.1 Å². The molecule has 1 heterocycles. The normalized spacial score (nSPS) is 17.0. The van der Waals surface area contributed by atoms with E-state index in [2.05, 4.69) is 0 Å². The first-order valence-corrected chi connectivity index (χ1v) is 12.3. The van der Waals surface area contributed by atoms with E-state index < -0.39 is 29.8 Å². The third-order valence-corrected chi connectivity index (χ3v) is 6.74. The summed E-state index contributed by atoms with van der Waals surface area (Å²) in [5, 5.41) is 9.97. The zero-order valence-electron chi connectivity index (χ0n) is 21.2. The van der Waals surface area contributed by atoms with Gasteiger partial charge in [0.05, 0.1) is 25.8 Å². The van der Waals surface area contributed by atoms with Crippen molar-refractivity contribution in [3.05, 3.63) is 89.0 Å². The summed E-state index contributed by atoms with van der Waals surface area (Å²) in [5.41, 5.74) is 1.33. The standard InChI is InChI=1S/C29H30F3NO5/c1-36-24-16-21(17-25(37-2)27(24)38-18-19-8-4-3-5-9-19)26(33-15-7-6-10-23(33)28(34)35)20-11-13-22(14-12-20)29(30,31)32/h3-5,8-9,11-14,16-17,23,26H,6-7,10,15,18H2,1-2H3,(H,34,35). The van der Waals surface area contributed by atoms with Gasteiger partial charge in [0.1, 0.15) is 12.6 Å². The van der Waals surface area contributed by atoms with Crippen molar-refractivity contribution in [1.82, 2.24) is 4.90 Å². The number of piperidine rings is 1. The van der Waals surface area contributed by atoms with Gasteiger partial charge in [-0.25, -0.2) is 0 Å². The van der Waals surface area contributed by atoms with Gasteiger partial charge in [-0.05, 0) is 60.3 Å². The number of carboxylic acids is 1. The fourth-order valence-electron chi connectivity index (χ4n) is 4.89. The van der Waals surface area contributed by atoms with Crippen LogP contribution in [0.2, 0.25) is 0 Å². The van der Waals surface area contributed by atoms with E-state index in [4.69, 9.17) is 14.2 Å². The Hall–Kier alpha value is -3.72. The van der Waals surface area contributed by atoms with Crippen LogP contribution >= 0.6 is 0 Å². The molecule has 202 valence electrons. The van der Waals surface area contributed by atoms with Gasteiger partial charge in [-0.2, -0.15) is 13.2 Å². The van der Waals surface area contributed by atoms with Gasteiger partial charge in [-0.15, -0.1) is 0 Å². The van der Waals surface area contributed by atoms with Gasteiger partial charge >= 0.3 is 12.1 Å². The SMILES string of the molecule is COc1cc(C(c2ccc(C(F)(F)F)cc2)N2CCCCC2C(=O)O)cc(OC)c1OCc1ccccc1. The first-order chi connectivity index (χ1) is 18.2. The summed E-state index contributed by atoms with van der Waals surface area (Å²) in [5.74, 6) is 0.151. The number of aliphatic carboxylic acids is 1. The summed E-state index contributed by atoms with van der Waals surface area (Å²) in [6.07, 6.45) is -2.51. The second-order valence-electron chi connectivity index (χ2n) is 9.14. The molecule has 3 aromatic rings. The number of rotatable bonds is 9. The number of methoxy groups -OCH3 is 2. The Labute approximate surface area is 219 Å². The number of nitrogens with zero attached hydrogens (tertiary/aromatic N) is 1. The molecule has 1 aliphatic heterocycles. The van der Waals surface area contributed by atoms with Crippen LogP contribution in [0.5, 0.6) is 17.2 Å². The smallest absolute Gasteiger partial charge is 0.416 e. The Balaban J connectivity index is 1.79. The van der Waals surface area contributed by atoms with Gasteiger partial charge in [0.25, 0.3) is 0 Å². The maximum absolute atomic E-state index is 13.3. The minimum atomic E-state index is -4.48. The Bertz CT molecular complexity index is 1210. The number of halogens is 3. The maximum atomic E-state index is 13.3. The molecular formula is C29H30F3NO5. The molecule has 1 aliphatic rings. The van der Waals surface area contributed by atoms with Crippen LogP contribution in [0.3, 0.4) is 0 Å². The van der Waals surface area contributed by atoms with E-state index in [1.807, 2.05) is 35.2 Å². The van der Waals surface area contributed by atoms with E-state index >= 15 is 0 Å². The Morgan fingerprint density at radius 2 is 1.61 bits per heavy atom. The van der Waals surface area contributed by atoms with Crippen molar-refractivity contribution in [3.8, 4) is 17.2 Å². The van der Waals surface area contributed by atoms with Crippen molar-refractivity contribution < 1.29 is 37.3 Å². The number of alkyl halides is 3. The van der Waals surface area contributed by atoms with Crippen molar-refractivity contribution in [3.63, 3.8) is 0 Å². The lowest BCUT2D eigenvalue weighted by Gasteiger charge is -2.40. The molecule has 0 spiro atoms. The van der Waals surface area contributed by atoms with Crippen LogP contribution < -0.4 is 14.2 Å². The summed E-state index contributed by atoms with van der Waals surface area (Å²) in [7, 11) is 2.98. The molecule has 0 radical (unpaired) electrons. The summed E-state index contributed by atoms with van der Waals surface area (Å²) >= 11 is 0. The third-order valence-electron chi connectivity index (χ3n) is 6.74. The number of hydrogen-bond donors (Lipinski definition) is 1. The van der Waals surface area contributed by atoms with E-state index in [0.717, 1.165) is 30.5 Å². The molecule has 1 N–H and O–H groups in total. The largest absolute Gasteiger partial charge is 0.493 e. The van der Waals surface area contributed by atoms with Crippen LogP contribution in [-0.2, 0) is 17.6 Å². The summed E-state index contributed by atoms with van der Waals surface area (Å²) in [6, 6.07) is 16.5. The van der Waals surface area contributed by atoms with Gasteiger partial charge in [-0.3, -0.25) is 9.69 Å². The van der Waals surface area contributed by atoms with E-state index in [0.29, 0.717) is 41.3 Å². The fraction of sp³-hybridized carbons (Fsp3) is 0.345. The van der Waals surface area contributed by atoms with Crippen molar-refractivity contribution in [2.24, 2.45) is 0 Å². The zero-order chi connectivity index (χ0) is 27.3. The van der Waals surface area contributed by atoms with Gasteiger partial charge in [0.2, 0.25) is 5.75 Å². The number of hydrogen-bond acceptors (Lipinski definition) is 5. The highest BCUT2D eigenvalue weighted by atomic mass is 19.4. The van der Waals surface area contributed by atoms with Crippen LogP contribution in [0.1, 0.15) is 47.6 Å². The number of carboxylic acid groups (broad SMARTS) is 1. The molecule has 0 amide bonds. The van der Waals surface area contributed by atoms with Crippen molar-refractivity contribution in [2.75, 3.05) is 20.8 Å². The highest BCUT2D eigenvalue weighted by Crippen LogP contribution is 2.44. The third kappa shape index (κ3) is 6.05. The van der Waals surface area contributed by atoms with Crippen molar-refractivity contribution in [1.29, 1.82) is 0 Å². The number of benzene rings is 3. The molecule has 3 aromatic carbocycles. The molecule has 0 saturated carbocycles. The molecule has 6 nitrogen and oxygen atoms in total. The number of ether oxygens (including phenoxy) is 3. The molecule has 2 unspecified atom stereocenters. The summed E-state index contributed by atoms with van der Waals surface area (Å²) < 4.78 is 57.1. The van der Waals surface area contributed by atoms with Gasteiger partial charge in [0, 0.05) is 0 Å². The molecule has 0 bridgehead atoms. The minimum Gasteiger partial charge on any atom is -0.493 e. The fourth-order valence-corrected chi connectivity index (χ4v) is 4.89. The highest BCUT2D eigenvalue weighted by molar-refractivity contribution is 5.74. The van der Waals surface area contributed by atoms with E-state index in [9.17, 15) is 23.1 Å². The van der Waals surface area contributed by atoms with Crippen molar-refractivity contribution >= 4 is 5.97 Å². The van der Waals surface area contributed by atoms with Crippen molar-refractivity contribution in [2.45, 2.75) is 44.1 Å². The van der Waals surface area contributed by atoms with Gasteiger partial charge in [0.15, 0.2) is 11.5 Å². The molecule has 38 heavy (non-hydrogen) atoms. The van der Waals surface area contributed by atoms with Crippen LogP contribution in [0.25, 0.3) is 0 Å². The Morgan fingerprint density at radius 3 is 2.16 bits per heavy atom. The molecule has 2 atom stereocenters. The lowest BCUT2D eigenvalue weighted by molar-refractivity contribution is -0.145. The van der Waals surface area contributed by atoms with E-state index in [-0.39, 0.29) is 6.61 Å². The van der Waals surface area contributed by atoms with Crippen LogP contribution in [0.4, 0.5) is 13.2 Å². The molecule has 9 heteroatoms. The predicted octanol–water partition coefficient (Wildman–Crippen LogP) is 6.33.